The summed E-state index contributed by atoms with van der Waals surface area (Å²) in [5, 5.41) is 10.7. The molecule has 0 amide bonds. The number of allylic oxidation sites excluding steroid dienone is 1. The first-order valence-electron chi connectivity index (χ1n) is 6.04. The maximum absolute atomic E-state index is 10.7. The summed E-state index contributed by atoms with van der Waals surface area (Å²) in [7, 11) is 3.10. The van der Waals surface area contributed by atoms with Gasteiger partial charge in [0.2, 0.25) is 6.20 Å². The Morgan fingerprint density at radius 1 is 1.32 bits per heavy atom. The van der Waals surface area contributed by atoms with E-state index >= 15 is 0 Å². The quantitative estimate of drug-likeness (QED) is 0.584. The minimum atomic E-state index is -0.422. The fourth-order valence-corrected chi connectivity index (χ4v) is 1.85. The van der Waals surface area contributed by atoms with Gasteiger partial charge in [0.15, 0.2) is 11.5 Å². The molecule has 0 spiro atoms. The maximum atomic E-state index is 10.7. The van der Waals surface area contributed by atoms with Crippen LogP contribution < -0.4 is 9.47 Å². The van der Waals surface area contributed by atoms with Crippen molar-refractivity contribution < 1.29 is 14.4 Å². The van der Waals surface area contributed by atoms with Gasteiger partial charge in [0.05, 0.1) is 19.1 Å². The summed E-state index contributed by atoms with van der Waals surface area (Å²) in [6.45, 7) is 4.04. The van der Waals surface area contributed by atoms with E-state index in [-0.39, 0.29) is 0 Å². The van der Waals surface area contributed by atoms with Crippen LogP contribution in [-0.4, -0.2) is 19.1 Å². The number of benzene rings is 1. The van der Waals surface area contributed by atoms with Crippen LogP contribution in [0.3, 0.4) is 0 Å². The van der Waals surface area contributed by atoms with Crippen LogP contribution in [0.1, 0.15) is 25.8 Å². The molecular formula is C14H19NO4. The molecule has 0 fully saturated rings. The summed E-state index contributed by atoms with van der Waals surface area (Å²) in [4.78, 5) is 10.3. The molecule has 104 valence electrons. The lowest BCUT2D eigenvalue weighted by Gasteiger charge is -2.12. The number of methoxy groups -OCH3 is 2. The molecule has 0 bridgehead atoms. The molecule has 5 heteroatoms. The van der Waals surface area contributed by atoms with Crippen LogP contribution in [0.2, 0.25) is 0 Å². The SMILES string of the molecule is COc1ccc(/C(=C\[N+](=O)[O-])CC(C)C)cc1OC. The molecule has 0 atom stereocenters. The third-order valence-electron chi connectivity index (χ3n) is 2.64. The summed E-state index contributed by atoms with van der Waals surface area (Å²) < 4.78 is 10.4. The van der Waals surface area contributed by atoms with Gasteiger partial charge in [-0.15, -0.1) is 0 Å². The van der Waals surface area contributed by atoms with Crippen LogP contribution in [0.4, 0.5) is 0 Å². The minimum absolute atomic E-state index is 0.333. The van der Waals surface area contributed by atoms with Crippen molar-refractivity contribution in [3.05, 3.63) is 40.1 Å². The van der Waals surface area contributed by atoms with E-state index < -0.39 is 4.92 Å². The van der Waals surface area contributed by atoms with Crippen molar-refractivity contribution in [3.8, 4) is 11.5 Å². The molecule has 0 saturated carbocycles. The summed E-state index contributed by atoms with van der Waals surface area (Å²) in [5.74, 6) is 1.51. The number of hydrogen-bond donors (Lipinski definition) is 0. The Morgan fingerprint density at radius 2 is 1.95 bits per heavy atom. The van der Waals surface area contributed by atoms with Gasteiger partial charge < -0.3 is 9.47 Å². The highest BCUT2D eigenvalue weighted by atomic mass is 16.6. The van der Waals surface area contributed by atoms with Gasteiger partial charge in [0, 0.05) is 5.57 Å². The van der Waals surface area contributed by atoms with Crippen LogP contribution in [0.15, 0.2) is 24.4 Å². The number of ether oxygens (including phenoxy) is 2. The van der Waals surface area contributed by atoms with E-state index in [0.29, 0.717) is 29.4 Å². The van der Waals surface area contributed by atoms with Gasteiger partial charge in [0.1, 0.15) is 0 Å². The molecule has 0 N–H and O–H groups in total. The molecule has 0 aliphatic heterocycles. The lowest BCUT2D eigenvalue weighted by atomic mass is 9.97. The second-order valence-corrected chi connectivity index (χ2v) is 4.61. The van der Waals surface area contributed by atoms with Crippen LogP contribution in [-0.2, 0) is 0 Å². The van der Waals surface area contributed by atoms with Crippen molar-refractivity contribution >= 4 is 5.57 Å². The molecule has 1 aromatic rings. The largest absolute Gasteiger partial charge is 0.493 e. The molecule has 1 rings (SSSR count). The van der Waals surface area contributed by atoms with Gasteiger partial charge in [-0.25, -0.2) is 0 Å². The van der Waals surface area contributed by atoms with Crippen molar-refractivity contribution in [2.45, 2.75) is 20.3 Å². The lowest BCUT2D eigenvalue weighted by molar-refractivity contribution is -0.401. The zero-order valence-electron chi connectivity index (χ0n) is 11.7. The van der Waals surface area contributed by atoms with Gasteiger partial charge in [-0.3, -0.25) is 10.1 Å². The minimum Gasteiger partial charge on any atom is -0.493 e. The van der Waals surface area contributed by atoms with Crippen molar-refractivity contribution in [1.82, 2.24) is 0 Å². The average molecular weight is 265 g/mol. The van der Waals surface area contributed by atoms with E-state index in [4.69, 9.17) is 9.47 Å². The second kappa shape index (κ2) is 6.78. The van der Waals surface area contributed by atoms with Gasteiger partial charge in [-0.05, 0) is 30.0 Å². The molecule has 5 nitrogen and oxygen atoms in total. The Kier molecular flexibility index (Phi) is 5.36. The Bertz CT molecular complexity index is 480. The normalized spacial score (nSPS) is 11.5. The molecule has 0 aliphatic rings. The van der Waals surface area contributed by atoms with Crippen molar-refractivity contribution in [3.63, 3.8) is 0 Å². The Hall–Kier alpha value is -2.04. The maximum Gasteiger partial charge on any atom is 0.238 e. The molecule has 1 aromatic carbocycles. The van der Waals surface area contributed by atoms with Gasteiger partial charge in [-0.1, -0.05) is 19.9 Å². The van der Waals surface area contributed by atoms with Crippen LogP contribution in [0.25, 0.3) is 5.57 Å². The highest BCUT2D eigenvalue weighted by Gasteiger charge is 2.12. The number of nitro groups is 1. The first-order valence-corrected chi connectivity index (χ1v) is 6.04. The lowest BCUT2D eigenvalue weighted by Crippen LogP contribution is -1.97. The molecule has 19 heavy (non-hydrogen) atoms. The average Bonchev–Trinajstić information content (AvgIpc) is 2.36. The van der Waals surface area contributed by atoms with Gasteiger partial charge in [-0.2, -0.15) is 0 Å². The number of rotatable bonds is 6. The third kappa shape index (κ3) is 4.28. The van der Waals surface area contributed by atoms with E-state index in [1.54, 1.807) is 32.4 Å². The van der Waals surface area contributed by atoms with Gasteiger partial charge >= 0.3 is 0 Å². The molecule has 0 aromatic heterocycles. The highest BCUT2D eigenvalue weighted by molar-refractivity contribution is 5.67. The zero-order valence-corrected chi connectivity index (χ0v) is 11.7. The van der Waals surface area contributed by atoms with Crippen LogP contribution in [0.5, 0.6) is 11.5 Å². The van der Waals surface area contributed by atoms with E-state index in [1.165, 1.54) is 0 Å². The molecule has 0 aliphatic carbocycles. The van der Waals surface area contributed by atoms with Crippen molar-refractivity contribution in [2.75, 3.05) is 14.2 Å². The first-order chi connectivity index (χ1) is 8.97. The summed E-state index contributed by atoms with van der Waals surface area (Å²) in [6, 6.07) is 5.32. The fourth-order valence-electron chi connectivity index (χ4n) is 1.85. The van der Waals surface area contributed by atoms with E-state index in [0.717, 1.165) is 11.8 Å². The van der Waals surface area contributed by atoms with Crippen LogP contribution >= 0.6 is 0 Å². The second-order valence-electron chi connectivity index (χ2n) is 4.61. The van der Waals surface area contributed by atoms with Crippen molar-refractivity contribution in [2.24, 2.45) is 5.92 Å². The smallest absolute Gasteiger partial charge is 0.238 e. The molecule has 0 unspecified atom stereocenters. The number of hydrogen-bond acceptors (Lipinski definition) is 4. The number of nitrogens with zero attached hydrogens (tertiary/aromatic N) is 1. The van der Waals surface area contributed by atoms with Crippen LogP contribution in [0, 0.1) is 16.0 Å². The predicted octanol–water partition coefficient (Wildman–Crippen LogP) is 3.37. The van der Waals surface area contributed by atoms with E-state index in [2.05, 4.69) is 0 Å². The topological polar surface area (TPSA) is 61.6 Å². The monoisotopic (exact) mass is 265 g/mol. The Balaban J connectivity index is 3.19. The summed E-state index contributed by atoms with van der Waals surface area (Å²) in [6.07, 6.45) is 1.69. The third-order valence-corrected chi connectivity index (χ3v) is 2.64. The molecule has 0 saturated heterocycles. The summed E-state index contributed by atoms with van der Waals surface area (Å²) in [5.41, 5.74) is 1.46. The standard InChI is InChI=1S/C14H19NO4/c1-10(2)7-12(9-15(16)17)11-5-6-13(18-3)14(8-11)19-4/h5-6,8-10H,7H2,1-4H3/b12-9-. The zero-order chi connectivity index (χ0) is 14.4. The Labute approximate surface area is 113 Å². The van der Waals surface area contributed by atoms with Gasteiger partial charge in [0.25, 0.3) is 0 Å². The van der Waals surface area contributed by atoms with E-state index in [1.807, 2.05) is 13.8 Å². The Morgan fingerprint density at radius 3 is 2.42 bits per heavy atom. The first kappa shape index (κ1) is 15.0. The summed E-state index contributed by atoms with van der Waals surface area (Å²) >= 11 is 0. The highest BCUT2D eigenvalue weighted by Crippen LogP contribution is 2.32. The van der Waals surface area contributed by atoms with E-state index in [9.17, 15) is 10.1 Å². The molecular weight excluding hydrogens is 246 g/mol. The predicted molar refractivity (Wildman–Crippen MR) is 74.0 cm³/mol. The molecule has 0 radical (unpaired) electrons. The molecule has 0 heterocycles. The van der Waals surface area contributed by atoms with Crippen molar-refractivity contribution in [1.29, 1.82) is 0 Å². The fraction of sp³-hybridized carbons (Fsp3) is 0.429.